The molecule has 0 heterocycles. The van der Waals surface area contributed by atoms with E-state index in [9.17, 15) is 22.8 Å². The molecule has 0 radical (unpaired) electrons. The minimum atomic E-state index is -4.56. The fraction of sp³-hybridized carbons (Fsp3) is 0.263. The van der Waals surface area contributed by atoms with Crippen molar-refractivity contribution in [3.63, 3.8) is 0 Å². The van der Waals surface area contributed by atoms with E-state index in [-0.39, 0.29) is 12.0 Å². The normalized spacial score (nSPS) is 12.5. The first-order chi connectivity index (χ1) is 12.2. The molecule has 26 heavy (non-hydrogen) atoms. The molecule has 2 rings (SSSR count). The summed E-state index contributed by atoms with van der Waals surface area (Å²) in [6, 6.07) is 11.0. The average molecular weight is 365 g/mol. The Morgan fingerprint density at radius 3 is 2.31 bits per heavy atom. The highest BCUT2D eigenvalue weighted by atomic mass is 19.4. The fourth-order valence-electron chi connectivity index (χ4n) is 2.76. The first kappa shape index (κ1) is 19.5. The van der Waals surface area contributed by atoms with E-state index in [1.807, 2.05) is 0 Å². The van der Waals surface area contributed by atoms with Crippen LogP contribution in [0.3, 0.4) is 0 Å². The maximum Gasteiger partial charge on any atom is 0.416 e. The predicted molar refractivity (Wildman–Crippen MR) is 89.5 cm³/mol. The van der Waals surface area contributed by atoms with Gasteiger partial charge in [0, 0.05) is 0 Å². The highest BCUT2D eigenvalue weighted by Gasteiger charge is 2.33. The second kappa shape index (κ2) is 8.03. The van der Waals surface area contributed by atoms with Crippen molar-refractivity contribution in [3.05, 3.63) is 70.8 Å². The maximum absolute atomic E-state index is 13.0. The van der Waals surface area contributed by atoms with Crippen molar-refractivity contribution in [3.8, 4) is 0 Å². The zero-order valence-electron chi connectivity index (χ0n) is 14.0. The van der Waals surface area contributed by atoms with Gasteiger partial charge in [0.05, 0.1) is 24.4 Å². The lowest BCUT2D eigenvalue weighted by Gasteiger charge is -2.20. The molecular weight excluding hydrogens is 347 g/mol. The van der Waals surface area contributed by atoms with Gasteiger partial charge in [-0.2, -0.15) is 13.2 Å². The van der Waals surface area contributed by atoms with E-state index in [1.165, 1.54) is 18.2 Å². The smallest absolute Gasteiger partial charge is 0.416 e. The molecule has 0 aromatic heterocycles. The highest BCUT2D eigenvalue weighted by Crippen LogP contribution is 2.32. The molecule has 7 heteroatoms. The molecule has 0 fully saturated rings. The van der Waals surface area contributed by atoms with Crippen molar-refractivity contribution in [2.45, 2.75) is 32.0 Å². The number of rotatable bonds is 6. The maximum atomic E-state index is 13.0. The van der Waals surface area contributed by atoms with E-state index in [0.717, 1.165) is 11.6 Å². The Kier molecular flexibility index (Phi) is 6.02. The second-order valence-corrected chi connectivity index (χ2v) is 5.91. The third-order valence-electron chi connectivity index (χ3n) is 3.95. The summed E-state index contributed by atoms with van der Waals surface area (Å²) in [5.74, 6) is -1.79. The topological polar surface area (TPSA) is 66.4 Å². The summed E-state index contributed by atoms with van der Waals surface area (Å²) in [4.78, 5) is 23.4. The number of carboxylic acid groups (broad SMARTS) is 1. The van der Waals surface area contributed by atoms with E-state index in [1.54, 1.807) is 31.2 Å². The third kappa shape index (κ3) is 5.08. The SMILES string of the molecule is Cc1ccccc1C(CC(=O)O)NC(=O)Cc1ccccc1C(F)(F)F. The van der Waals surface area contributed by atoms with Crippen molar-refractivity contribution >= 4 is 11.9 Å². The van der Waals surface area contributed by atoms with Gasteiger partial charge in [0.25, 0.3) is 0 Å². The minimum Gasteiger partial charge on any atom is -0.481 e. The van der Waals surface area contributed by atoms with E-state index in [4.69, 9.17) is 5.11 Å². The molecule has 1 unspecified atom stereocenters. The van der Waals surface area contributed by atoms with Crippen LogP contribution >= 0.6 is 0 Å². The van der Waals surface area contributed by atoms with Crippen molar-refractivity contribution in [1.29, 1.82) is 0 Å². The van der Waals surface area contributed by atoms with Crippen LogP contribution in [0, 0.1) is 6.92 Å². The van der Waals surface area contributed by atoms with Crippen LogP contribution in [0.5, 0.6) is 0 Å². The van der Waals surface area contributed by atoms with Gasteiger partial charge in [-0.3, -0.25) is 9.59 Å². The first-order valence-electron chi connectivity index (χ1n) is 7.90. The number of aryl methyl sites for hydroxylation is 1. The summed E-state index contributed by atoms with van der Waals surface area (Å²) in [5, 5.41) is 11.6. The quantitative estimate of drug-likeness (QED) is 0.816. The largest absolute Gasteiger partial charge is 0.481 e. The van der Waals surface area contributed by atoms with Gasteiger partial charge in [0.1, 0.15) is 0 Å². The third-order valence-corrected chi connectivity index (χ3v) is 3.95. The summed E-state index contributed by atoms with van der Waals surface area (Å²) in [5.41, 5.74) is 0.374. The Morgan fingerprint density at radius 1 is 1.08 bits per heavy atom. The van der Waals surface area contributed by atoms with Gasteiger partial charge in [-0.15, -0.1) is 0 Å². The highest BCUT2D eigenvalue weighted by molar-refractivity contribution is 5.80. The van der Waals surface area contributed by atoms with Gasteiger partial charge in [-0.05, 0) is 29.7 Å². The molecule has 2 aromatic carbocycles. The van der Waals surface area contributed by atoms with Crippen LogP contribution in [0.2, 0.25) is 0 Å². The standard InChI is InChI=1S/C19H18F3NO3/c1-12-6-2-4-8-14(12)16(11-18(25)26)23-17(24)10-13-7-3-5-9-15(13)19(20,21)22/h2-9,16H,10-11H2,1H3,(H,23,24)(H,25,26). The molecule has 0 saturated heterocycles. The van der Waals surface area contributed by atoms with Crippen LogP contribution in [-0.2, 0) is 22.2 Å². The molecule has 0 aliphatic rings. The Labute approximate surface area is 148 Å². The number of nitrogens with one attached hydrogen (secondary N) is 1. The monoisotopic (exact) mass is 365 g/mol. The average Bonchev–Trinajstić information content (AvgIpc) is 2.53. The lowest BCUT2D eigenvalue weighted by molar-refractivity contribution is -0.138. The number of carbonyl (C=O) groups excluding carboxylic acids is 1. The number of hydrogen-bond donors (Lipinski definition) is 2. The minimum absolute atomic E-state index is 0.156. The lowest BCUT2D eigenvalue weighted by atomic mass is 9.98. The summed E-state index contributed by atoms with van der Waals surface area (Å²) >= 11 is 0. The van der Waals surface area contributed by atoms with Crippen LogP contribution in [-0.4, -0.2) is 17.0 Å². The van der Waals surface area contributed by atoms with E-state index in [0.29, 0.717) is 5.56 Å². The van der Waals surface area contributed by atoms with Crippen LogP contribution in [0.1, 0.15) is 34.7 Å². The van der Waals surface area contributed by atoms with Gasteiger partial charge >= 0.3 is 12.1 Å². The van der Waals surface area contributed by atoms with Crippen LogP contribution in [0.15, 0.2) is 48.5 Å². The number of benzene rings is 2. The number of hydrogen-bond acceptors (Lipinski definition) is 2. The summed E-state index contributed by atoms with van der Waals surface area (Å²) < 4.78 is 39.1. The van der Waals surface area contributed by atoms with E-state index < -0.39 is 36.1 Å². The molecule has 0 bridgehead atoms. The Bertz CT molecular complexity index is 803. The summed E-state index contributed by atoms with van der Waals surface area (Å²) in [7, 11) is 0. The number of alkyl halides is 3. The molecule has 0 spiro atoms. The van der Waals surface area contributed by atoms with Gasteiger partial charge in [-0.25, -0.2) is 0 Å². The molecule has 4 nitrogen and oxygen atoms in total. The van der Waals surface area contributed by atoms with Crippen LogP contribution in [0.4, 0.5) is 13.2 Å². The zero-order chi connectivity index (χ0) is 19.3. The fourth-order valence-corrected chi connectivity index (χ4v) is 2.76. The van der Waals surface area contributed by atoms with Crippen molar-refractivity contribution < 1.29 is 27.9 Å². The number of carbonyl (C=O) groups is 2. The van der Waals surface area contributed by atoms with E-state index >= 15 is 0 Å². The Morgan fingerprint density at radius 2 is 1.69 bits per heavy atom. The molecule has 2 N–H and O–H groups in total. The van der Waals surface area contributed by atoms with Gasteiger partial charge in [0.15, 0.2) is 0 Å². The second-order valence-electron chi connectivity index (χ2n) is 5.91. The van der Waals surface area contributed by atoms with Crippen molar-refractivity contribution in [2.24, 2.45) is 0 Å². The predicted octanol–water partition coefficient (Wildman–Crippen LogP) is 3.89. The molecule has 1 amide bonds. The molecule has 2 aromatic rings. The van der Waals surface area contributed by atoms with Crippen LogP contribution < -0.4 is 5.32 Å². The molecule has 0 aliphatic carbocycles. The molecule has 1 atom stereocenters. The van der Waals surface area contributed by atoms with Crippen LogP contribution in [0.25, 0.3) is 0 Å². The number of halogens is 3. The Balaban J connectivity index is 2.21. The van der Waals surface area contributed by atoms with Crippen molar-refractivity contribution in [1.82, 2.24) is 5.32 Å². The molecule has 138 valence electrons. The number of carboxylic acids is 1. The van der Waals surface area contributed by atoms with Crippen molar-refractivity contribution in [2.75, 3.05) is 0 Å². The molecular formula is C19H18F3NO3. The summed E-state index contributed by atoms with van der Waals surface area (Å²) in [6.45, 7) is 1.77. The van der Waals surface area contributed by atoms with E-state index in [2.05, 4.69) is 5.32 Å². The summed E-state index contributed by atoms with van der Waals surface area (Å²) in [6.07, 6.45) is -5.41. The zero-order valence-corrected chi connectivity index (χ0v) is 14.0. The first-order valence-corrected chi connectivity index (χ1v) is 7.90. The molecule has 0 aliphatic heterocycles. The lowest BCUT2D eigenvalue weighted by Crippen LogP contribution is -2.32. The van der Waals surface area contributed by atoms with Gasteiger partial charge in [-0.1, -0.05) is 42.5 Å². The molecule has 0 saturated carbocycles. The number of aliphatic carboxylic acids is 1. The van der Waals surface area contributed by atoms with Gasteiger partial charge in [0.2, 0.25) is 5.91 Å². The van der Waals surface area contributed by atoms with Gasteiger partial charge < -0.3 is 10.4 Å². The Hall–Kier alpha value is -2.83. The number of amides is 1.